The minimum absolute atomic E-state index is 0. The maximum atomic E-state index is 10.8. The van der Waals surface area contributed by atoms with Crippen LogP contribution in [-0.2, 0) is 9.59 Å². The molecule has 0 bridgehead atoms. The van der Waals surface area contributed by atoms with Gasteiger partial charge in [-0.2, -0.15) is 5.10 Å². The first kappa shape index (κ1) is 15.9. The van der Waals surface area contributed by atoms with E-state index >= 15 is 0 Å². The van der Waals surface area contributed by atoms with Crippen molar-refractivity contribution in [3.63, 3.8) is 0 Å². The van der Waals surface area contributed by atoms with E-state index in [1.165, 1.54) is 6.21 Å². The van der Waals surface area contributed by atoms with Crippen LogP contribution in [0.5, 0.6) is 0 Å². The smallest absolute Gasteiger partial charge is 0.326 e. The van der Waals surface area contributed by atoms with E-state index in [9.17, 15) is 9.59 Å². The van der Waals surface area contributed by atoms with Gasteiger partial charge in [-0.1, -0.05) is 12.1 Å². The van der Waals surface area contributed by atoms with Crippen LogP contribution in [0.25, 0.3) is 0 Å². The summed E-state index contributed by atoms with van der Waals surface area (Å²) in [5.74, 6) is 3.93. The number of benzene rings is 1. The standard InChI is InChI=1S/C11H13N3O3.ClH/c12-13-7-8-1-3-9(4-2-8)14-10(5-6-15)11(16)17;/h1-4,6-7,10,14H,5,12H2,(H,16,17);1H. The lowest BCUT2D eigenvalue weighted by Gasteiger charge is -2.12. The number of rotatable bonds is 6. The molecule has 0 fully saturated rings. The Kier molecular flexibility index (Phi) is 7.14. The first-order valence-corrected chi connectivity index (χ1v) is 4.93. The van der Waals surface area contributed by atoms with Crippen LogP contribution < -0.4 is 11.2 Å². The van der Waals surface area contributed by atoms with Crippen molar-refractivity contribution in [2.24, 2.45) is 10.9 Å². The highest BCUT2D eigenvalue weighted by Gasteiger charge is 2.15. The van der Waals surface area contributed by atoms with Crippen LogP contribution in [0.1, 0.15) is 12.0 Å². The second-order valence-electron chi connectivity index (χ2n) is 3.34. The van der Waals surface area contributed by atoms with Crippen LogP contribution in [0.15, 0.2) is 29.4 Å². The van der Waals surface area contributed by atoms with E-state index in [4.69, 9.17) is 10.9 Å². The third-order valence-electron chi connectivity index (χ3n) is 2.11. The largest absolute Gasteiger partial charge is 0.480 e. The first-order valence-electron chi connectivity index (χ1n) is 4.93. The molecule has 0 aliphatic carbocycles. The maximum Gasteiger partial charge on any atom is 0.326 e. The Morgan fingerprint density at radius 3 is 2.50 bits per heavy atom. The Morgan fingerprint density at radius 2 is 2.06 bits per heavy atom. The topological polar surface area (TPSA) is 105 Å². The summed E-state index contributed by atoms with van der Waals surface area (Å²) in [4.78, 5) is 21.1. The number of aliphatic carboxylic acids is 1. The van der Waals surface area contributed by atoms with Gasteiger partial charge in [-0.3, -0.25) is 0 Å². The number of halogens is 1. The van der Waals surface area contributed by atoms with Crippen molar-refractivity contribution < 1.29 is 14.7 Å². The molecule has 0 aliphatic heterocycles. The summed E-state index contributed by atoms with van der Waals surface area (Å²) < 4.78 is 0. The van der Waals surface area contributed by atoms with Crippen molar-refractivity contribution in [1.29, 1.82) is 0 Å². The van der Waals surface area contributed by atoms with Gasteiger partial charge in [0.2, 0.25) is 0 Å². The van der Waals surface area contributed by atoms with Crippen molar-refractivity contribution in [2.75, 3.05) is 5.32 Å². The number of hydrogen-bond donors (Lipinski definition) is 3. The second kappa shape index (κ2) is 8.08. The average molecular weight is 272 g/mol. The van der Waals surface area contributed by atoms with E-state index in [1.807, 2.05) is 0 Å². The number of carbonyl (C=O) groups excluding carboxylic acids is 1. The van der Waals surface area contributed by atoms with E-state index in [2.05, 4.69) is 10.4 Å². The molecule has 98 valence electrons. The fourth-order valence-electron chi connectivity index (χ4n) is 1.27. The number of aldehydes is 1. The van der Waals surface area contributed by atoms with Crippen LogP contribution in [0.2, 0.25) is 0 Å². The minimum atomic E-state index is -1.07. The maximum absolute atomic E-state index is 10.8. The van der Waals surface area contributed by atoms with E-state index in [0.717, 1.165) is 5.56 Å². The summed E-state index contributed by atoms with van der Waals surface area (Å²) in [6.07, 6.45) is 1.96. The molecule has 6 nitrogen and oxygen atoms in total. The number of hydrazone groups is 1. The van der Waals surface area contributed by atoms with Crippen LogP contribution in [-0.4, -0.2) is 29.6 Å². The molecule has 7 heteroatoms. The van der Waals surface area contributed by atoms with E-state index in [0.29, 0.717) is 12.0 Å². The van der Waals surface area contributed by atoms with E-state index in [1.54, 1.807) is 24.3 Å². The van der Waals surface area contributed by atoms with Gasteiger partial charge in [0.25, 0.3) is 0 Å². The Labute approximate surface area is 110 Å². The van der Waals surface area contributed by atoms with Crippen molar-refractivity contribution in [1.82, 2.24) is 0 Å². The zero-order valence-electron chi connectivity index (χ0n) is 9.45. The molecule has 0 aliphatic rings. The Bertz CT molecular complexity index is 420. The number of carbonyl (C=O) groups is 2. The Hall–Kier alpha value is -2.08. The molecule has 0 aromatic heterocycles. The zero-order valence-corrected chi connectivity index (χ0v) is 10.3. The van der Waals surface area contributed by atoms with Gasteiger partial charge in [0.15, 0.2) is 0 Å². The molecular weight excluding hydrogens is 258 g/mol. The fraction of sp³-hybridized carbons (Fsp3) is 0.182. The lowest BCUT2D eigenvalue weighted by atomic mass is 10.2. The van der Waals surface area contributed by atoms with Gasteiger partial charge < -0.3 is 21.1 Å². The average Bonchev–Trinajstić information content (AvgIpc) is 2.31. The Morgan fingerprint density at radius 1 is 1.44 bits per heavy atom. The number of nitrogens with two attached hydrogens (primary N) is 1. The molecule has 1 aromatic carbocycles. The second-order valence-corrected chi connectivity index (χ2v) is 3.34. The van der Waals surface area contributed by atoms with Crippen LogP contribution in [0.3, 0.4) is 0 Å². The number of carboxylic acid groups (broad SMARTS) is 1. The number of nitrogens with zero attached hydrogens (tertiary/aromatic N) is 1. The van der Waals surface area contributed by atoms with Gasteiger partial charge in [-0.15, -0.1) is 12.4 Å². The third-order valence-corrected chi connectivity index (χ3v) is 2.11. The predicted octanol–water partition coefficient (Wildman–Crippen LogP) is 0.855. The molecule has 1 unspecified atom stereocenters. The molecule has 18 heavy (non-hydrogen) atoms. The van der Waals surface area contributed by atoms with Gasteiger partial charge in [-0.05, 0) is 17.7 Å². The van der Waals surface area contributed by atoms with E-state index < -0.39 is 12.0 Å². The van der Waals surface area contributed by atoms with E-state index in [-0.39, 0.29) is 18.8 Å². The summed E-state index contributed by atoms with van der Waals surface area (Å²) in [7, 11) is 0. The molecule has 1 rings (SSSR count). The van der Waals surface area contributed by atoms with Crippen LogP contribution >= 0.6 is 12.4 Å². The molecule has 0 spiro atoms. The highest BCUT2D eigenvalue weighted by molar-refractivity contribution is 5.85. The lowest BCUT2D eigenvalue weighted by molar-refractivity contribution is -0.138. The highest BCUT2D eigenvalue weighted by Crippen LogP contribution is 2.10. The first-order chi connectivity index (χ1) is 8.17. The van der Waals surface area contributed by atoms with Gasteiger partial charge in [-0.25, -0.2) is 4.79 Å². The summed E-state index contributed by atoms with van der Waals surface area (Å²) >= 11 is 0. The minimum Gasteiger partial charge on any atom is -0.480 e. The third kappa shape index (κ3) is 4.84. The number of nitrogens with one attached hydrogen (secondary N) is 1. The highest BCUT2D eigenvalue weighted by atomic mass is 35.5. The summed E-state index contributed by atoms with van der Waals surface area (Å²) in [5, 5.41) is 15.0. The summed E-state index contributed by atoms with van der Waals surface area (Å²) in [5.41, 5.74) is 1.42. The predicted molar refractivity (Wildman–Crippen MR) is 71.2 cm³/mol. The molecule has 1 aromatic rings. The molecule has 4 N–H and O–H groups in total. The van der Waals surface area contributed by atoms with Crippen molar-refractivity contribution in [2.45, 2.75) is 12.5 Å². The van der Waals surface area contributed by atoms with Crippen molar-refractivity contribution >= 4 is 36.6 Å². The van der Waals surface area contributed by atoms with Crippen LogP contribution in [0.4, 0.5) is 5.69 Å². The fourth-order valence-corrected chi connectivity index (χ4v) is 1.27. The summed E-state index contributed by atoms with van der Waals surface area (Å²) in [6.45, 7) is 0. The lowest BCUT2D eigenvalue weighted by Crippen LogP contribution is -2.29. The molecule has 0 saturated carbocycles. The van der Waals surface area contributed by atoms with Gasteiger partial charge in [0.1, 0.15) is 12.3 Å². The number of hydrogen-bond acceptors (Lipinski definition) is 5. The summed E-state index contributed by atoms with van der Waals surface area (Å²) in [6, 6.07) is 5.94. The molecule has 0 saturated heterocycles. The molecule has 0 heterocycles. The van der Waals surface area contributed by atoms with Crippen molar-refractivity contribution in [3.05, 3.63) is 29.8 Å². The van der Waals surface area contributed by atoms with Gasteiger partial charge >= 0.3 is 5.97 Å². The normalized spacial score (nSPS) is 11.6. The molecule has 0 amide bonds. The monoisotopic (exact) mass is 271 g/mol. The van der Waals surface area contributed by atoms with Gasteiger partial charge in [0.05, 0.1) is 6.21 Å². The number of anilines is 1. The van der Waals surface area contributed by atoms with Crippen LogP contribution in [0, 0.1) is 0 Å². The quantitative estimate of drug-likeness (QED) is 0.308. The SMILES string of the molecule is Cl.NN=Cc1ccc(NC(CC=O)C(=O)O)cc1. The number of carboxylic acids is 1. The zero-order chi connectivity index (χ0) is 12.7. The van der Waals surface area contributed by atoms with Gasteiger partial charge in [0, 0.05) is 12.1 Å². The molecule has 1 atom stereocenters. The molecular formula is C11H14ClN3O3. The molecule has 0 radical (unpaired) electrons. The Balaban J connectivity index is 0.00000289. The van der Waals surface area contributed by atoms with Crippen molar-refractivity contribution in [3.8, 4) is 0 Å².